The van der Waals surface area contributed by atoms with Crippen LogP contribution in [-0.2, 0) is 24.8 Å². The van der Waals surface area contributed by atoms with Gasteiger partial charge in [-0.2, -0.15) is 0 Å². The van der Waals surface area contributed by atoms with Crippen molar-refractivity contribution in [1.82, 2.24) is 5.06 Å². The lowest BCUT2D eigenvalue weighted by molar-refractivity contribution is -0.197. The first-order valence-electron chi connectivity index (χ1n) is 12.1. The molecule has 2 amide bonds. The predicted octanol–water partition coefficient (Wildman–Crippen LogP) is 3.80. The summed E-state index contributed by atoms with van der Waals surface area (Å²) in [4.78, 5) is 41.9. The summed E-state index contributed by atoms with van der Waals surface area (Å²) in [5.41, 5.74) is 1.84. The van der Waals surface area contributed by atoms with Crippen LogP contribution < -0.4 is 9.64 Å². The number of benzene rings is 3. The van der Waals surface area contributed by atoms with Crippen molar-refractivity contribution in [2.24, 2.45) is 0 Å². The molecule has 192 valence electrons. The first-order chi connectivity index (χ1) is 17.8. The van der Waals surface area contributed by atoms with Crippen LogP contribution in [0.15, 0.2) is 78.9 Å². The van der Waals surface area contributed by atoms with Gasteiger partial charge in [0.2, 0.25) is 0 Å². The number of carbonyl (C=O) groups excluding carboxylic acids is 3. The van der Waals surface area contributed by atoms with Crippen molar-refractivity contribution in [2.45, 2.75) is 31.3 Å². The fourth-order valence-corrected chi connectivity index (χ4v) is 4.18. The number of ether oxygens (including phenoxy) is 1. The molecule has 3 aromatic rings. The Hall–Kier alpha value is -4.17. The van der Waals surface area contributed by atoms with Crippen molar-refractivity contribution in [2.75, 3.05) is 25.6 Å². The average molecular weight is 503 g/mol. The largest absolute Gasteiger partial charge is 0.494 e. The summed E-state index contributed by atoms with van der Waals surface area (Å²) >= 11 is 0. The molecule has 1 N–H and O–H groups in total. The van der Waals surface area contributed by atoms with Crippen molar-refractivity contribution in [3.05, 3.63) is 95.6 Å². The van der Waals surface area contributed by atoms with Gasteiger partial charge in [0.25, 0.3) is 11.8 Å². The molecule has 4 rings (SSSR count). The van der Waals surface area contributed by atoms with Gasteiger partial charge in [0, 0.05) is 32.6 Å². The molecule has 1 unspecified atom stereocenters. The van der Waals surface area contributed by atoms with E-state index in [1.165, 1.54) is 0 Å². The fraction of sp³-hybridized carbons (Fsp3) is 0.276. The Morgan fingerprint density at radius 1 is 0.865 bits per heavy atom. The summed E-state index contributed by atoms with van der Waals surface area (Å²) in [7, 11) is 3.94. The minimum atomic E-state index is -1.36. The van der Waals surface area contributed by atoms with Gasteiger partial charge in [-0.1, -0.05) is 54.6 Å². The van der Waals surface area contributed by atoms with E-state index < -0.39 is 23.4 Å². The van der Waals surface area contributed by atoms with Crippen LogP contribution in [-0.4, -0.2) is 48.7 Å². The van der Waals surface area contributed by atoms with E-state index in [1.807, 2.05) is 85.7 Å². The number of hydrogen-bond acceptors (Lipinski definition) is 7. The number of carbonyl (C=O) groups is 3. The molecule has 0 saturated carbocycles. The molecule has 37 heavy (non-hydrogen) atoms. The topological polar surface area (TPSA) is 96.4 Å². The molecule has 0 spiro atoms. The maximum Gasteiger partial charge on any atom is 0.333 e. The Bertz CT molecular complexity index is 1230. The van der Waals surface area contributed by atoms with Gasteiger partial charge in [-0.15, -0.1) is 5.06 Å². The number of nitrogens with zero attached hydrogens (tertiary/aromatic N) is 2. The molecule has 8 nitrogen and oxygen atoms in total. The van der Waals surface area contributed by atoms with Gasteiger partial charge in [-0.25, -0.2) is 4.79 Å². The quantitative estimate of drug-likeness (QED) is 0.256. The van der Waals surface area contributed by atoms with E-state index in [0.29, 0.717) is 22.8 Å². The van der Waals surface area contributed by atoms with Gasteiger partial charge in [0.1, 0.15) is 11.4 Å². The van der Waals surface area contributed by atoms with Crippen LogP contribution in [0.3, 0.4) is 0 Å². The van der Waals surface area contributed by atoms with Crippen molar-refractivity contribution in [3.8, 4) is 5.75 Å². The highest BCUT2D eigenvalue weighted by Crippen LogP contribution is 2.37. The fourth-order valence-electron chi connectivity index (χ4n) is 4.18. The summed E-state index contributed by atoms with van der Waals surface area (Å²) in [5.74, 6) is -1.08. The zero-order chi connectivity index (χ0) is 26.4. The lowest BCUT2D eigenvalue weighted by Gasteiger charge is -2.30. The molecule has 1 saturated heterocycles. The second kappa shape index (κ2) is 11.3. The molecule has 3 aromatic carbocycles. The van der Waals surface area contributed by atoms with Crippen molar-refractivity contribution in [3.63, 3.8) is 0 Å². The normalized spacial score (nSPS) is 14.8. The molecule has 8 heteroatoms. The van der Waals surface area contributed by atoms with E-state index >= 15 is 0 Å². The van der Waals surface area contributed by atoms with Crippen LogP contribution in [0.4, 0.5) is 5.69 Å². The molecule has 1 fully saturated rings. The minimum Gasteiger partial charge on any atom is -0.494 e. The zero-order valence-electron chi connectivity index (χ0n) is 20.9. The third-order valence-electron chi connectivity index (χ3n) is 6.26. The van der Waals surface area contributed by atoms with Crippen LogP contribution in [0.25, 0.3) is 0 Å². The molecule has 1 aliphatic heterocycles. The first-order valence-corrected chi connectivity index (χ1v) is 12.1. The van der Waals surface area contributed by atoms with E-state index in [2.05, 4.69) is 0 Å². The number of aliphatic hydroxyl groups is 1. The van der Waals surface area contributed by atoms with Crippen LogP contribution in [0.5, 0.6) is 5.75 Å². The average Bonchev–Trinajstić information content (AvgIpc) is 3.23. The second-order valence-corrected chi connectivity index (χ2v) is 9.04. The number of imide groups is 1. The van der Waals surface area contributed by atoms with Crippen LogP contribution in [0.2, 0.25) is 0 Å². The lowest BCUT2D eigenvalue weighted by Crippen LogP contribution is -2.32. The second-order valence-electron chi connectivity index (χ2n) is 9.04. The van der Waals surface area contributed by atoms with E-state index in [4.69, 9.17) is 9.57 Å². The number of hydrogen-bond donors (Lipinski definition) is 1. The number of amides is 2. The summed E-state index contributed by atoms with van der Waals surface area (Å²) < 4.78 is 5.75. The van der Waals surface area contributed by atoms with E-state index in [9.17, 15) is 19.5 Å². The lowest BCUT2D eigenvalue weighted by atomic mass is 9.80. The smallest absolute Gasteiger partial charge is 0.333 e. The molecule has 0 bridgehead atoms. The Morgan fingerprint density at radius 3 is 1.97 bits per heavy atom. The maximum absolute atomic E-state index is 12.0. The molecular weight excluding hydrogens is 472 g/mol. The highest BCUT2D eigenvalue weighted by atomic mass is 16.7. The predicted molar refractivity (Wildman–Crippen MR) is 138 cm³/mol. The minimum absolute atomic E-state index is 0.00580. The van der Waals surface area contributed by atoms with Gasteiger partial charge in [-0.05, 0) is 47.4 Å². The number of anilines is 1. The summed E-state index contributed by atoms with van der Waals surface area (Å²) in [6.07, 6.45) is 0.479. The third-order valence-corrected chi connectivity index (χ3v) is 6.26. The summed E-state index contributed by atoms with van der Waals surface area (Å²) in [6.45, 7) is 0.241. The van der Waals surface area contributed by atoms with Gasteiger partial charge in [0.15, 0.2) is 0 Å². The van der Waals surface area contributed by atoms with Crippen molar-refractivity contribution >= 4 is 23.5 Å². The van der Waals surface area contributed by atoms with Gasteiger partial charge in [-0.3, -0.25) is 9.59 Å². The summed E-state index contributed by atoms with van der Waals surface area (Å²) in [6, 6.07) is 24.5. The Labute approximate surface area is 216 Å². The van der Waals surface area contributed by atoms with E-state index in [1.54, 1.807) is 12.1 Å². The summed E-state index contributed by atoms with van der Waals surface area (Å²) in [5, 5.41) is 12.6. The SMILES string of the molecule is CN(C)c1ccc(C(O)(c2ccccc2)c2ccc(OCCCC(=O)ON3C(=O)CCC3=O)cc2)cc1. The zero-order valence-corrected chi connectivity index (χ0v) is 20.9. The highest BCUT2D eigenvalue weighted by molar-refractivity contribution is 6.01. The number of rotatable bonds is 10. The Morgan fingerprint density at radius 2 is 1.41 bits per heavy atom. The van der Waals surface area contributed by atoms with Crippen molar-refractivity contribution in [1.29, 1.82) is 0 Å². The molecule has 0 aromatic heterocycles. The third kappa shape index (κ3) is 5.81. The highest BCUT2D eigenvalue weighted by Gasteiger charge is 2.34. The van der Waals surface area contributed by atoms with Crippen LogP contribution in [0.1, 0.15) is 42.4 Å². The molecular formula is C29H30N2O6. The molecule has 0 aliphatic carbocycles. The number of hydroxylamine groups is 2. The van der Waals surface area contributed by atoms with Crippen LogP contribution in [0, 0.1) is 0 Å². The Balaban J connectivity index is 1.41. The monoisotopic (exact) mass is 502 g/mol. The molecule has 0 radical (unpaired) electrons. The van der Waals surface area contributed by atoms with Crippen molar-refractivity contribution < 1.29 is 29.1 Å². The molecule has 1 atom stereocenters. The standard InChI is InChI=1S/C29H30N2O6/c1-30(2)24-14-10-22(11-15-24)29(35,21-7-4-3-5-8-21)23-12-16-25(17-13-23)36-20-6-9-28(34)37-31-26(32)18-19-27(31)33/h3-5,7-8,10-17,35H,6,9,18-20H2,1-2H3. The van der Waals surface area contributed by atoms with Gasteiger partial charge < -0.3 is 19.6 Å². The first kappa shape index (κ1) is 25.9. The molecule has 1 aliphatic rings. The molecule has 1 heterocycles. The van der Waals surface area contributed by atoms with Gasteiger partial charge in [0.05, 0.1) is 13.0 Å². The van der Waals surface area contributed by atoms with Gasteiger partial charge >= 0.3 is 5.97 Å². The van der Waals surface area contributed by atoms with E-state index in [-0.39, 0.29) is 25.9 Å². The van der Waals surface area contributed by atoms with E-state index in [0.717, 1.165) is 16.8 Å². The maximum atomic E-state index is 12.0. The Kier molecular flexibility index (Phi) is 7.89. The van der Waals surface area contributed by atoms with Crippen LogP contribution >= 0.6 is 0 Å².